The second kappa shape index (κ2) is 7.56. The summed E-state index contributed by atoms with van der Waals surface area (Å²) in [4.78, 5) is 13.0. The Bertz CT molecular complexity index is 1060. The molecule has 0 aliphatic heterocycles. The fourth-order valence-corrected chi connectivity index (χ4v) is 3.13. The summed E-state index contributed by atoms with van der Waals surface area (Å²) < 4.78 is 3.67. The largest absolute Gasteiger partial charge is 0.322 e. The van der Waals surface area contributed by atoms with Crippen molar-refractivity contribution in [3.63, 3.8) is 0 Å². The first-order chi connectivity index (χ1) is 13.6. The van der Waals surface area contributed by atoms with Gasteiger partial charge >= 0.3 is 0 Å². The van der Waals surface area contributed by atoms with E-state index < -0.39 is 0 Å². The van der Waals surface area contributed by atoms with E-state index in [2.05, 4.69) is 24.3 Å². The molecule has 0 unspecified atom stereocenters. The molecule has 1 N–H and O–H groups in total. The van der Waals surface area contributed by atoms with Crippen LogP contribution in [-0.4, -0.2) is 20.3 Å². The van der Waals surface area contributed by atoms with E-state index in [0.717, 1.165) is 11.4 Å². The minimum Gasteiger partial charge on any atom is -0.322 e. The zero-order chi connectivity index (χ0) is 19.5. The smallest absolute Gasteiger partial charge is 0.261 e. The average molecular weight is 370 g/mol. The summed E-state index contributed by atoms with van der Waals surface area (Å²) in [6.45, 7) is 4.30. The molecule has 0 bridgehead atoms. The molecule has 140 valence electrons. The predicted octanol–water partition coefficient (Wildman–Crippen LogP) is 5.04. The van der Waals surface area contributed by atoms with Crippen molar-refractivity contribution in [2.24, 2.45) is 0 Å². The molecule has 1 amide bonds. The molecule has 4 rings (SSSR count). The van der Waals surface area contributed by atoms with Gasteiger partial charge in [0.25, 0.3) is 5.91 Å². The maximum Gasteiger partial charge on any atom is 0.261 e. The van der Waals surface area contributed by atoms with Gasteiger partial charge in [0.2, 0.25) is 0 Å². The van der Waals surface area contributed by atoms with Gasteiger partial charge in [-0.1, -0.05) is 44.2 Å². The van der Waals surface area contributed by atoms with Gasteiger partial charge in [-0.3, -0.25) is 4.79 Å². The first-order valence-electron chi connectivity index (χ1n) is 9.31. The summed E-state index contributed by atoms with van der Waals surface area (Å²) in [7, 11) is 0. The van der Waals surface area contributed by atoms with Crippen molar-refractivity contribution in [3.8, 4) is 11.5 Å². The van der Waals surface area contributed by atoms with Gasteiger partial charge in [0.15, 0.2) is 5.82 Å². The highest BCUT2D eigenvalue weighted by molar-refractivity contribution is 6.06. The lowest BCUT2D eigenvalue weighted by molar-refractivity contribution is 0.102. The minimum atomic E-state index is -0.192. The highest BCUT2D eigenvalue weighted by Crippen LogP contribution is 2.22. The van der Waals surface area contributed by atoms with Crippen LogP contribution in [0.1, 0.15) is 35.7 Å². The van der Waals surface area contributed by atoms with Crippen molar-refractivity contribution >= 4 is 11.6 Å². The number of carbonyl (C=O) groups is 1. The molecule has 28 heavy (non-hydrogen) atoms. The third-order valence-electron chi connectivity index (χ3n) is 4.67. The molecule has 0 aliphatic carbocycles. The summed E-state index contributed by atoms with van der Waals surface area (Å²) in [5.41, 5.74) is 3.41. The summed E-state index contributed by atoms with van der Waals surface area (Å²) in [6, 6.07) is 21.6. The molecule has 0 spiro atoms. The van der Waals surface area contributed by atoms with Crippen molar-refractivity contribution < 1.29 is 4.79 Å². The van der Waals surface area contributed by atoms with Crippen LogP contribution in [0.3, 0.4) is 0 Å². The van der Waals surface area contributed by atoms with E-state index in [1.54, 1.807) is 10.9 Å². The van der Waals surface area contributed by atoms with Gasteiger partial charge in [0, 0.05) is 18.1 Å². The molecular weight excluding hydrogens is 348 g/mol. The fourth-order valence-electron chi connectivity index (χ4n) is 3.13. The highest BCUT2D eigenvalue weighted by Gasteiger charge is 2.20. The van der Waals surface area contributed by atoms with Crippen LogP contribution in [0.2, 0.25) is 0 Å². The van der Waals surface area contributed by atoms with Crippen LogP contribution >= 0.6 is 0 Å². The van der Waals surface area contributed by atoms with Gasteiger partial charge in [0.1, 0.15) is 5.56 Å². The predicted molar refractivity (Wildman–Crippen MR) is 111 cm³/mol. The van der Waals surface area contributed by atoms with Crippen molar-refractivity contribution in [2.45, 2.75) is 19.8 Å². The number of hydrogen-bond donors (Lipinski definition) is 1. The lowest BCUT2D eigenvalue weighted by Crippen LogP contribution is -2.15. The second-order valence-electron chi connectivity index (χ2n) is 6.95. The van der Waals surface area contributed by atoms with Gasteiger partial charge in [-0.25, -0.2) is 4.68 Å². The summed E-state index contributed by atoms with van der Waals surface area (Å²) in [5.74, 6) is 0.963. The molecule has 0 saturated heterocycles. The second-order valence-corrected chi connectivity index (χ2v) is 6.95. The number of carbonyl (C=O) groups excluding carboxylic acids is 1. The van der Waals surface area contributed by atoms with Crippen molar-refractivity contribution in [1.82, 2.24) is 14.3 Å². The van der Waals surface area contributed by atoms with E-state index >= 15 is 0 Å². The Kier molecular flexibility index (Phi) is 4.81. The van der Waals surface area contributed by atoms with Crippen LogP contribution in [0.15, 0.2) is 85.3 Å². The number of benzene rings is 2. The van der Waals surface area contributed by atoms with Crippen molar-refractivity contribution in [2.75, 3.05) is 5.32 Å². The van der Waals surface area contributed by atoms with Gasteiger partial charge < -0.3 is 9.88 Å². The Labute approximate surface area is 164 Å². The number of amides is 1. The van der Waals surface area contributed by atoms with Crippen LogP contribution in [-0.2, 0) is 0 Å². The standard InChI is InChI=1S/C23H22N4O/c1-17(2)18-10-12-19(13-11-18)25-22(28)21-16-24-27(20-8-4-3-5-9-20)23(21)26-14-6-7-15-26/h3-17H,1-2H3,(H,25,28). The van der Waals surface area contributed by atoms with Gasteiger partial charge in [0.05, 0.1) is 11.9 Å². The topological polar surface area (TPSA) is 51.9 Å². The molecule has 0 atom stereocenters. The first-order valence-corrected chi connectivity index (χ1v) is 9.31. The van der Waals surface area contributed by atoms with E-state index in [-0.39, 0.29) is 5.91 Å². The average Bonchev–Trinajstić information content (AvgIpc) is 3.38. The molecule has 2 heterocycles. The molecule has 0 fully saturated rings. The minimum absolute atomic E-state index is 0.192. The van der Waals surface area contributed by atoms with E-state index in [1.165, 1.54) is 5.56 Å². The number of para-hydroxylation sites is 1. The molecule has 0 saturated carbocycles. The van der Waals surface area contributed by atoms with Gasteiger partial charge in [-0.05, 0) is 47.9 Å². The molecule has 0 aliphatic rings. The molecular formula is C23H22N4O. The van der Waals surface area contributed by atoms with E-state index in [4.69, 9.17) is 0 Å². The highest BCUT2D eigenvalue weighted by atomic mass is 16.1. The third-order valence-corrected chi connectivity index (χ3v) is 4.67. The van der Waals surface area contributed by atoms with Gasteiger partial charge in [-0.15, -0.1) is 0 Å². The molecule has 0 radical (unpaired) electrons. The maximum absolute atomic E-state index is 13.0. The number of hydrogen-bond acceptors (Lipinski definition) is 2. The summed E-state index contributed by atoms with van der Waals surface area (Å²) in [5, 5.41) is 7.46. The normalized spacial score (nSPS) is 11.0. The quantitative estimate of drug-likeness (QED) is 0.535. The maximum atomic E-state index is 13.0. The fraction of sp³-hybridized carbons (Fsp3) is 0.130. The summed E-state index contributed by atoms with van der Waals surface area (Å²) in [6.07, 6.45) is 5.43. The molecule has 2 aromatic heterocycles. The third kappa shape index (κ3) is 3.47. The molecule has 2 aromatic carbocycles. The lowest BCUT2D eigenvalue weighted by atomic mass is 10.0. The molecule has 5 heteroatoms. The van der Waals surface area contributed by atoms with Crippen LogP contribution in [0, 0.1) is 0 Å². The van der Waals surface area contributed by atoms with E-state index in [9.17, 15) is 4.79 Å². The number of nitrogens with zero attached hydrogens (tertiary/aromatic N) is 3. The van der Waals surface area contributed by atoms with E-state index in [0.29, 0.717) is 17.3 Å². The Balaban J connectivity index is 1.69. The Morgan fingerprint density at radius 2 is 1.61 bits per heavy atom. The van der Waals surface area contributed by atoms with Crippen LogP contribution in [0.25, 0.3) is 11.5 Å². The number of rotatable bonds is 5. The Morgan fingerprint density at radius 1 is 0.929 bits per heavy atom. The van der Waals surface area contributed by atoms with Gasteiger partial charge in [-0.2, -0.15) is 5.10 Å². The van der Waals surface area contributed by atoms with Crippen LogP contribution < -0.4 is 5.32 Å². The Hall–Kier alpha value is -3.60. The number of anilines is 1. The van der Waals surface area contributed by atoms with Crippen molar-refractivity contribution in [3.05, 3.63) is 96.4 Å². The lowest BCUT2D eigenvalue weighted by Gasteiger charge is -2.12. The van der Waals surface area contributed by atoms with E-state index in [1.807, 2.05) is 83.7 Å². The SMILES string of the molecule is CC(C)c1ccc(NC(=O)c2cnn(-c3ccccc3)c2-n2cccc2)cc1. The number of aromatic nitrogens is 3. The number of nitrogens with one attached hydrogen (secondary N) is 1. The zero-order valence-corrected chi connectivity index (χ0v) is 15.9. The summed E-state index contributed by atoms with van der Waals surface area (Å²) >= 11 is 0. The zero-order valence-electron chi connectivity index (χ0n) is 15.9. The van der Waals surface area contributed by atoms with Crippen LogP contribution in [0.5, 0.6) is 0 Å². The monoisotopic (exact) mass is 370 g/mol. The molecule has 4 aromatic rings. The first kappa shape index (κ1) is 17.8. The Morgan fingerprint density at radius 3 is 2.25 bits per heavy atom. The van der Waals surface area contributed by atoms with Crippen LogP contribution in [0.4, 0.5) is 5.69 Å². The van der Waals surface area contributed by atoms with Crippen molar-refractivity contribution in [1.29, 1.82) is 0 Å². The molecule has 5 nitrogen and oxygen atoms in total.